The minimum Gasteiger partial charge on any atom is -0.482 e. The Morgan fingerprint density at radius 1 is 1.21 bits per heavy atom. The topological polar surface area (TPSA) is 106 Å². The summed E-state index contributed by atoms with van der Waals surface area (Å²) in [6, 6.07) is 7.07. The molecule has 0 aliphatic carbocycles. The molecule has 1 aliphatic heterocycles. The maximum absolute atomic E-state index is 12.4. The Kier molecular flexibility index (Phi) is 5.81. The van der Waals surface area contributed by atoms with Crippen LogP contribution in [0.2, 0.25) is 0 Å². The van der Waals surface area contributed by atoms with Crippen LogP contribution in [0.3, 0.4) is 0 Å². The van der Waals surface area contributed by atoms with E-state index in [1.54, 1.807) is 38.1 Å². The number of H-pyrrole nitrogens is 1. The van der Waals surface area contributed by atoms with Gasteiger partial charge in [0.2, 0.25) is 5.78 Å². The van der Waals surface area contributed by atoms with E-state index in [-0.39, 0.29) is 37.0 Å². The number of carbonyl (C=O) groups is 4. The van der Waals surface area contributed by atoms with Crippen LogP contribution in [0.1, 0.15) is 45.4 Å². The van der Waals surface area contributed by atoms with Gasteiger partial charge in [-0.25, -0.2) is 0 Å². The average molecular weight is 398 g/mol. The smallest absolute Gasteiger partial charge is 0.308 e. The first-order chi connectivity index (χ1) is 13.8. The highest BCUT2D eigenvalue weighted by Gasteiger charge is 2.26. The lowest BCUT2D eigenvalue weighted by atomic mass is 10.1. The predicted molar refractivity (Wildman–Crippen MR) is 104 cm³/mol. The first-order valence-corrected chi connectivity index (χ1v) is 9.20. The second kappa shape index (κ2) is 8.30. The molecule has 1 amide bonds. The number of fused-ring (bicyclic) bond motifs is 1. The van der Waals surface area contributed by atoms with Crippen LogP contribution in [0.5, 0.6) is 5.75 Å². The second-order valence-electron chi connectivity index (χ2n) is 6.82. The molecule has 1 aliphatic rings. The number of nitrogens with one attached hydrogen (secondary N) is 1. The molecule has 3 rings (SSSR count). The Labute approximate surface area is 167 Å². The molecule has 8 heteroatoms. The lowest BCUT2D eigenvalue weighted by Crippen LogP contribution is -2.40. The van der Waals surface area contributed by atoms with E-state index in [1.165, 1.54) is 11.8 Å². The van der Waals surface area contributed by atoms with Gasteiger partial charge in [-0.05, 0) is 38.5 Å². The van der Waals surface area contributed by atoms with Gasteiger partial charge in [-0.15, -0.1) is 0 Å². The lowest BCUT2D eigenvalue weighted by molar-refractivity contribution is -0.142. The fourth-order valence-electron chi connectivity index (χ4n) is 3.45. The standard InChI is InChI=1S/C21H22N2O6/c1-12-20(14(3)24)13(2)22-21(12)16(25)10-29-19(27)8-9-23-15-6-4-5-7-17(15)28-11-18(23)26/h4-7,22H,8-11H2,1-3H3. The van der Waals surface area contributed by atoms with Gasteiger partial charge in [-0.3, -0.25) is 19.2 Å². The number of aromatic nitrogens is 1. The number of rotatable bonds is 7. The lowest BCUT2D eigenvalue weighted by Gasteiger charge is -2.28. The van der Waals surface area contributed by atoms with Gasteiger partial charge < -0.3 is 19.4 Å². The number of aromatic amines is 1. The third kappa shape index (κ3) is 4.21. The number of ether oxygens (including phenoxy) is 2. The summed E-state index contributed by atoms with van der Waals surface area (Å²) in [6.07, 6.45) is -0.0607. The normalized spacial score (nSPS) is 12.9. The fraction of sp³-hybridized carbons (Fsp3) is 0.333. The predicted octanol–water partition coefficient (Wildman–Crippen LogP) is 2.38. The van der Waals surface area contributed by atoms with Gasteiger partial charge in [0.15, 0.2) is 19.0 Å². The van der Waals surface area contributed by atoms with Crippen molar-refractivity contribution < 1.29 is 28.7 Å². The molecule has 152 valence electrons. The van der Waals surface area contributed by atoms with E-state index < -0.39 is 18.4 Å². The quantitative estimate of drug-likeness (QED) is 0.567. The minimum absolute atomic E-state index is 0.0607. The molecule has 1 N–H and O–H groups in total. The summed E-state index contributed by atoms with van der Waals surface area (Å²) in [4.78, 5) is 52.6. The molecule has 2 aromatic rings. The number of ketones is 2. The largest absolute Gasteiger partial charge is 0.482 e. The first kappa shape index (κ1) is 20.3. The summed E-state index contributed by atoms with van der Waals surface area (Å²) < 4.78 is 10.4. The molecule has 29 heavy (non-hydrogen) atoms. The van der Waals surface area contributed by atoms with Gasteiger partial charge in [0.25, 0.3) is 5.91 Å². The molecule has 0 radical (unpaired) electrons. The zero-order chi connectivity index (χ0) is 21.1. The highest BCUT2D eigenvalue weighted by atomic mass is 16.5. The minimum atomic E-state index is -0.595. The number of para-hydroxylation sites is 2. The summed E-state index contributed by atoms with van der Waals surface area (Å²) in [5.74, 6) is -0.818. The van der Waals surface area contributed by atoms with Crippen molar-refractivity contribution in [1.82, 2.24) is 4.98 Å². The monoisotopic (exact) mass is 398 g/mol. The van der Waals surface area contributed by atoms with Crippen molar-refractivity contribution in [3.05, 3.63) is 46.8 Å². The van der Waals surface area contributed by atoms with E-state index in [1.807, 2.05) is 0 Å². The van der Waals surface area contributed by atoms with Crippen molar-refractivity contribution in [1.29, 1.82) is 0 Å². The van der Waals surface area contributed by atoms with Crippen molar-refractivity contribution in [2.45, 2.75) is 27.2 Å². The number of amides is 1. The van der Waals surface area contributed by atoms with Gasteiger partial charge in [-0.1, -0.05) is 12.1 Å². The summed E-state index contributed by atoms with van der Waals surface area (Å²) in [5, 5.41) is 0. The Balaban J connectivity index is 1.57. The van der Waals surface area contributed by atoms with E-state index in [4.69, 9.17) is 9.47 Å². The van der Waals surface area contributed by atoms with Crippen LogP contribution < -0.4 is 9.64 Å². The Hall–Kier alpha value is -3.42. The van der Waals surface area contributed by atoms with Gasteiger partial charge in [0.1, 0.15) is 5.75 Å². The van der Waals surface area contributed by atoms with E-state index in [2.05, 4.69) is 4.98 Å². The molecule has 0 atom stereocenters. The first-order valence-electron chi connectivity index (χ1n) is 9.20. The zero-order valence-corrected chi connectivity index (χ0v) is 16.5. The molecule has 1 aromatic heterocycles. The van der Waals surface area contributed by atoms with Crippen molar-refractivity contribution in [3.63, 3.8) is 0 Å². The third-order valence-electron chi connectivity index (χ3n) is 4.78. The number of anilines is 1. The maximum atomic E-state index is 12.4. The summed E-state index contributed by atoms with van der Waals surface area (Å²) in [6.45, 7) is 4.42. The number of benzene rings is 1. The number of esters is 1. The van der Waals surface area contributed by atoms with Crippen LogP contribution in [0, 0.1) is 13.8 Å². The molecule has 0 spiro atoms. The molecular weight excluding hydrogens is 376 g/mol. The summed E-state index contributed by atoms with van der Waals surface area (Å²) in [7, 11) is 0. The van der Waals surface area contributed by atoms with E-state index in [0.717, 1.165) is 0 Å². The highest BCUT2D eigenvalue weighted by Crippen LogP contribution is 2.31. The van der Waals surface area contributed by atoms with Gasteiger partial charge >= 0.3 is 5.97 Å². The number of Topliss-reactive ketones (excluding diaryl/α,β-unsaturated/α-hetero) is 2. The van der Waals surface area contributed by atoms with E-state index in [0.29, 0.717) is 28.3 Å². The Bertz CT molecular complexity index is 991. The Morgan fingerprint density at radius 3 is 2.62 bits per heavy atom. The molecule has 0 unspecified atom stereocenters. The van der Waals surface area contributed by atoms with Crippen LogP contribution in [0.4, 0.5) is 5.69 Å². The molecule has 0 fully saturated rings. The van der Waals surface area contributed by atoms with Crippen molar-refractivity contribution in [3.8, 4) is 5.75 Å². The average Bonchev–Trinajstić information content (AvgIpc) is 2.99. The van der Waals surface area contributed by atoms with Gasteiger partial charge in [0.05, 0.1) is 17.8 Å². The number of nitrogens with zero attached hydrogens (tertiary/aromatic N) is 1. The van der Waals surface area contributed by atoms with Gasteiger partial charge in [0, 0.05) is 17.8 Å². The number of aryl methyl sites for hydroxylation is 1. The van der Waals surface area contributed by atoms with Crippen molar-refractivity contribution in [2.24, 2.45) is 0 Å². The van der Waals surface area contributed by atoms with Crippen molar-refractivity contribution >= 4 is 29.1 Å². The Morgan fingerprint density at radius 2 is 1.93 bits per heavy atom. The van der Waals surface area contributed by atoms with Crippen LogP contribution in [0.15, 0.2) is 24.3 Å². The molecule has 0 saturated heterocycles. The molecule has 0 saturated carbocycles. The van der Waals surface area contributed by atoms with Crippen LogP contribution >= 0.6 is 0 Å². The number of hydrogen-bond donors (Lipinski definition) is 1. The molecule has 2 heterocycles. The zero-order valence-electron chi connectivity index (χ0n) is 16.5. The summed E-state index contributed by atoms with van der Waals surface area (Å²) in [5.41, 5.74) is 2.49. The SMILES string of the molecule is CC(=O)c1c(C)[nH]c(C(=O)COC(=O)CCN2C(=O)COc3ccccc32)c1C. The number of carbonyl (C=O) groups excluding carboxylic acids is 4. The molecular formula is C21H22N2O6. The number of hydrogen-bond acceptors (Lipinski definition) is 6. The van der Waals surface area contributed by atoms with Crippen LogP contribution in [0.25, 0.3) is 0 Å². The maximum Gasteiger partial charge on any atom is 0.308 e. The fourth-order valence-corrected chi connectivity index (χ4v) is 3.45. The van der Waals surface area contributed by atoms with Crippen molar-refractivity contribution in [2.75, 3.05) is 24.7 Å². The second-order valence-corrected chi connectivity index (χ2v) is 6.82. The van der Waals surface area contributed by atoms with Crippen LogP contribution in [-0.4, -0.2) is 48.2 Å². The van der Waals surface area contributed by atoms with E-state index >= 15 is 0 Å². The third-order valence-corrected chi connectivity index (χ3v) is 4.78. The molecule has 1 aromatic carbocycles. The van der Waals surface area contributed by atoms with E-state index in [9.17, 15) is 19.2 Å². The summed E-state index contributed by atoms with van der Waals surface area (Å²) >= 11 is 0. The molecule has 8 nitrogen and oxygen atoms in total. The van der Waals surface area contributed by atoms with Crippen LogP contribution in [-0.2, 0) is 14.3 Å². The molecule has 0 bridgehead atoms. The van der Waals surface area contributed by atoms with Gasteiger partial charge in [-0.2, -0.15) is 0 Å². The highest BCUT2D eigenvalue weighted by molar-refractivity contribution is 6.04.